The van der Waals surface area contributed by atoms with Gasteiger partial charge in [0.2, 0.25) is 5.95 Å². The van der Waals surface area contributed by atoms with Crippen LogP contribution in [0.1, 0.15) is 25.3 Å². The number of rotatable bonds is 4. The number of para-hydroxylation sites is 1. The second-order valence-corrected chi connectivity index (χ2v) is 4.92. The Morgan fingerprint density at radius 3 is 2.89 bits per heavy atom. The first-order valence-electron chi connectivity index (χ1n) is 6.76. The third kappa shape index (κ3) is 2.49. The van der Waals surface area contributed by atoms with Crippen LogP contribution in [0.5, 0.6) is 0 Å². The predicted octanol–water partition coefficient (Wildman–Crippen LogP) is 3.37. The minimum atomic E-state index is 0.297. The lowest BCUT2D eigenvalue weighted by molar-refractivity contribution is 0.0756. The number of nitrogens with one attached hydrogen (secondary N) is 1. The molecular weight excluding hydrogens is 238 g/mol. The quantitative estimate of drug-likeness (QED) is 0.912. The van der Waals surface area contributed by atoms with Gasteiger partial charge in [0, 0.05) is 25.2 Å². The highest BCUT2D eigenvalue weighted by Crippen LogP contribution is 2.34. The van der Waals surface area contributed by atoms with Crippen molar-refractivity contribution in [3.63, 3.8) is 0 Å². The molecule has 1 fully saturated rings. The molecule has 0 bridgehead atoms. The zero-order chi connectivity index (χ0) is 13.1. The molecule has 0 aliphatic heterocycles. The monoisotopic (exact) mass is 257 g/mol. The van der Waals surface area contributed by atoms with E-state index in [1.165, 1.54) is 6.42 Å². The molecule has 1 heterocycles. The van der Waals surface area contributed by atoms with Gasteiger partial charge in [-0.1, -0.05) is 18.2 Å². The fourth-order valence-electron chi connectivity index (χ4n) is 2.83. The smallest absolute Gasteiger partial charge is 0.207 e. The fraction of sp³-hybridized carbons (Fsp3) is 0.400. The topological polar surface area (TPSA) is 39.1 Å². The van der Waals surface area contributed by atoms with Crippen LogP contribution in [0.25, 0.3) is 0 Å². The van der Waals surface area contributed by atoms with Crippen molar-refractivity contribution >= 4 is 11.6 Å². The Morgan fingerprint density at radius 1 is 1.26 bits per heavy atom. The first-order chi connectivity index (χ1) is 9.38. The van der Waals surface area contributed by atoms with E-state index >= 15 is 0 Å². The van der Waals surface area contributed by atoms with Crippen molar-refractivity contribution in [2.45, 2.75) is 31.4 Å². The lowest BCUT2D eigenvalue weighted by Crippen LogP contribution is -2.21. The van der Waals surface area contributed by atoms with Crippen LogP contribution < -0.4 is 5.32 Å². The van der Waals surface area contributed by atoms with Gasteiger partial charge in [-0.25, -0.2) is 4.98 Å². The van der Waals surface area contributed by atoms with Gasteiger partial charge in [-0.2, -0.15) is 0 Å². The molecule has 4 nitrogen and oxygen atoms in total. The van der Waals surface area contributed by atoms with Crippen LogP contribution in [0.15, 0.2) is 42.7 Å². The Balaban J connectivity index is 1.82. The molecule has 2 unspecified atom stereocenters. The highest BCUT2D eigenvalue weighted by Gasteiger charge is 2.29. The van der Waals surface area contributed by atoms with Crippen molar-refractivity contribution < 1.29 is 4.74 Å². The predicted molar refractivity (Wildman–Crippen MR) is 75.6 cm³/mol. The Morgan fingerprint density at radius 2 is 2.11 bits per heavy atom. The van der Waals surface area contributed by atoms with Crippen molar-refractivity contribution in [2.75, 3.05) is 12.4 Å². The van der Waals surface area contributed by atoms with E-state index in [2.05, 4.69) is 14.9 Å². The summed E-state index contributed by atoms with van der Waals surface area (Å²) in [5, 5.41) is 3.37. The van der Waals surface area contributed by atoms with Crippen molar-refractivity contribution in [2.24, 2.45) is 0 Å². The largest absolute Gasteiger partial charge is 0.379 e. The van der Waals surface area contributed by atoms with E-state index in [1.54, 1.807) is 7.11 Å². The molecule has 3 rings (SSSR count). The summed E-state index contributed by atoms with van der Waals surface area (Å²) in [5.41, 5.74) is 1.06. The zero-order valence-corrected chi connectivity index (χ0v) is 11.1. The van der Waals surface area contributed by atoms with Crippen LogP contribution >= 0.6 is 0 Å². The number of hydrogen-bond acceptors (Lipinski definition) is 3. The lowest BCUT2D eigenvalue weighted by atomic mass is 10.2. The first kappa shape index (κ1) is 12.2. The van der Waals surface area contributed by atoms with E-state index in [4.69, 9.17) is 4.74 Å². The summed E-state index contributed by atoms with van der Waals surface area (Å²) in [6.45, 7) is 0. The summed E-state index contributed by atoms with van der Waals surface area (Å²) < 4.78 is 7.78. The summed E-state index contributed by atoms with van der Waals surface area (Å²) >= 11 is 0. The summed E-state index contributed by atoms with van der Waals surface area (Å²) in [7, 11) is 1.80. The Labute approximate surface area is 113 Å². The second kappa shape index (κ2) is 5.45. The van der Waals surface area contributed by atoms with Crippen molar-refractivity contribution in [1.82, 2.24) is 9.55 Å². The molecule has 100 valence electrons. The maximum atomic E-state index is 5.58. The van der Waals surface area contributed by atoms with Crippen LogP contribution in [0, 0.1) is 0 Å². The maximum Gasteiger partial charge on any atom is 0.207 e. The molecule has 1 saturated carbocycles. The van der Waals surface area contributed by atoms with Crippen LogP contribution in [0.4, 0.5) is 11.6 Å². The molecule has 0 radical (unpaired) electrons. The van der Waals surface area contributed by atoms with E-state index in [1.807, 2.05) is 42.7 Å². The standard InChI is InChI=1S/C15H19N3O/c1-19-14-9-5-8-13(14)18-11-10-16-15(18)17-12-6-3-2-4-7-12/h2-4,6-7,10-11,13-14H,5,8-9H2,1H3,(H,16,17). The molecule has 0 spiro atoms. The van der Waals surface area contributed by atoms with Gasteiger partial charge in [0.1, 0.15) is 0 Å². The molecule has 4 heteroatoms. The summed E-state index contributed by atoms with van der Waals surface area (Å²) in [6.07, 6.45) is 7.67. The molecular formula is C15H19N3O. The van der Waals surface area contributed by atoms with E-state index in [-0.39, 0.29) is 0 Å². The normalized spacial score (nSPS) is 22.6. The Hall–Kier alpha value is -1.81. The van der Waals surface area contributed by atoms with Gasteiger partial charge in [0.05, 0.1) is 12.1 Å². The third-order valence-electron chi connectivity index (χ3n) is 3.78. The second-order valence-electron chi connectivity index (χ2n) is 4.92. The van der Waals surface area contributed by atoms with Crippen LogP contribution in [-0.2, 0) is 4.74 Å². The lowest BCUT2D eigenvalue weighted by Gasteiger charge is -2.22. The van der Waals surface area contributed by atoms with E-state index in [0.29, 0.717) is 12.1 Å². The molecule has 1 aliphatic rings. The minimum Gasteiger partial charge on any atom is -0.379 e. The minimum absolute atomic E-state index is 0.297. The molecule has 19 heavy (non-hydrogen) atoms. The Kier molecular flexibility index (Phi) is 3.51. The highest BCUT2D eigenvalue weighted by molar-refractivity contribution is 5.53. The number of imidazole rings is 1. The maximum absolute atomic E-state index is 5.58. The van der Waals surface area contributed by atoms with Crippen LogP contribution in [0.2, 0.25) is 0 Å². The number of benzene rings is 1. The van der Waals surface area contributed by atoms with Gasteiger partial charge in [-0.05, 0) is 31.4 Å². The SMILES string of the molecule is COC1CCCC1n1ccnc1Nc1ccccc1. The number of hydrogen-bond donors (Lipinski definition) is 1. The summed E-state index contributed by atoms with van der Waals surface area (Å²) in [6, 6.07) is 10.5. The molecule has 1 N–H and O–H groups in total. The van der Waals surface area contributed by atoms with Crippen molar-refractivity contribution in [3.8, 4) is 0 Å². The highest BCUT2D eigenvalue weighted by atomic mass is 16.5. The fourth-order valence-corrected chi connectivity index (χ4v) is 2.83. The number of aromatic nitrogens is 2. The molecule has 1 aliphatic carbocycles. The molecule has 0 saturated heterocycles. The molecule has 1 aromatic carbocycles. The average molecular weight is 257 g/mol. The van der Waals surface area contributed by atoms with E-state index in [0.717, 1.165) is 24.5 Å². The Bertz CT molecular complexity index is 523. The van der Waals surface area contributed by atoms with E-state index < -0.39 is 0 Å². The molecule has 0 amide bonds. The van der Waals surface area contributed by atoms with Crippen molar-refractivity contribution in [3.05, 3.63) is 42.7 Å². The van der Waals surface area contributed by atoms with Gasteiger partial charge in [0.15, 0.2) is 0 Å². The van der Waals surface area contributed by atoms with Crippen molar-refractivity contribution in [1.29, 1.82) is 0 Å². The molecule has 1 aromatic heterocycles. The molecule has 2 atom stereocenters. The number of methoxy groups -OCH3 is 1. The van der Waals surface area contributed by atoms with Gasteiger partial charge < -0.3 is 14.6 Å². The van der Waals surface area contributed by atoms with Gasteiger partial charge in [-0.15, -0.1) is 0 Å². The average Bonchev–Trinajstić information content (AvgIpc) is 3.07. The van der Waals surface area contributed by atoms with Gasteiger partial charge in [-0.3, -0.25) is 0 Å². The summed E-state index contributed by atoms with van der Waals surface area (Å²) in [5.74, 6) is 0.889. The third-order valence-corrected chi connectivity index (χ3v) is 3.78. The van der Waals surface area contributed by atoms with Crippen LogP contribution in [-0.4, -0.2) is 22.8 Å². The molecule has 2 aromatic rings. The number of ether oxygens (including phenoxy) is 1. The zero-order valence-electron chi connectivity index (χ0n) is 11.1. The first-order valence-corrected chi connectivity index (χ1v) is 6.76. The number of anilines is 2. The van der Waals surface area contributed by atoms with Gasteiger partial charge >= 0.3 is 0 Å². The van der Waals surface area contributed by atoms with Gasteiger partial charge in [0.25, 0.3) is 0 Å². The summed E-state index contributed by atoms with van der Waals surface area (Å²) in [4.78, 5) is 4.42. The van der Waals surface area contributed by atoms with E-state index in [9.17, 15) is 0 Å². The van der Waals surface area contributed by atoms with Crippen LogP contribution in [0.3, 0.4) is 0 Å². The number of nitrogens with zero attached hydrogens (tertiary/aromatic N) is 2.